The summed E-state index contributed by atoms with van der Waals surface area (Å²) < 4.78 is 10.6. The molecular weight excluding hydrogens is 338 g/mol. The van der Waals surface area contributed by atoms with Gasteiger partial charge in [-0.1, -0.05) is 0 Å². The fraction of sp³-hybridized carbons (Fsp3) is 0.412. The van der Waals surface area contributed by atoms with Crippen LogP contribution in [0.2, 0.25) is 0 Å². The molecule has 1 saturated heterocycles. The van der Waals surface area contributed by atoms with E-state index in [1.165, 1.54) is 6.33 Å². The van der Waals surface area contributed by atoms with Gasteiger partial charge in [0.05, 0.1) is 4.92 Å². The number of piperidine rings is 1. The molecule has 0 spiro atoms. The highest BCUT2D eigenvalue weighted by Crippen LogP contribution is 2.39. The summed E-state index contributed by atoms with van der Waals surface area (Å²) >= 11 is 0. The summed E-state index contributed by atoms with van der Waals surface area (Å²) in [7, 11) is 0. The molecule has 2 aliphatic heterocycles. The highest BCUT2D eigenvalue weighted by atomic mass is 16.7. The zero-order chi connectivity index (χ0) is 18.1. The van der Waals surface area contributed by atoms with Crippen LogP contribution in [0.1, 0.15) is 26.2 Å². The minimum absolute atomic E-state index is 0.112. The minimum Gasteiger partial charge on any atom is -0.454 e. The Morgan fingerprint density at radius 3 is 2.92 bits per heavy atom. The van der Waals surface area contributed by atoms with Crippen molar-refractivity contribution < 1.29 is 14.4 Å². The van der Waals surface area contributed by atoms with Crippen molar-refractivity contribution in [1.29, 1.82) is 0 Å². The van der Waals surface area contributed by atoms with Gasteiger partial charge in [0.15, 0.2) is 11.5 Å². The molecule has 9 heteroatoms. The molecule has 136 valence electrons. The van der Waals surface area contributed by atoms with Crippen LogP contribution in [-0.4, -0.2) is 34.3 Å². The summed E-state index contributed by atoms with van der Waals surface area (Å²) in [6.07, 6.45) is 4.47. The number of nitrogens with zero attached hydrogens (tertiary/aromatic N) is 4. The average molecular weight is 357 g/mol. The SMILES string of the molecule is CC1CCCCN1c1ncnc(Nc2ccc3c(c2)OCO3)c1[N+](=O)[O-]. The van der Waals surface area contributed by atoms with Crippen molar-refractivity contribution in [2.45, 2.75) is 32.2 Å². The van der Waals surface area contributed by atoms with Crippen LogP contribution in [0.15, 0.2) is 24.5 Å². The van der Waals surface area contributed by atoms with E-state index >= 15 is 0 Å². The van der Waals surface area contributed by atoms with Crippen molar-refractivity contribution in [3.63, 3.8) is 0 Å². The van der Waals surface area contributed by atoms with Crippen LogP contribution in [-0.2, 0) is 0 Å². The van der Waals surface area contributed by atoms with Gasteiger partial charge in [0.25, 0.3) is 0 Å². The predicted octanol–water partition coefficient (Wildman–Crippen LogP) is 3.24. The number of benzene rings is 1. The molecule has 0 bridgehead atoms. The summed E-state index contributed by atoms with van der Waals surface area (Å²) in [6, 6.07) is 5.46. The lowest BCUT2D eigenvalue weighted by atomic mass is 10.0. The zero-order valence-corrected chi connectivity index (χ0v) is 14.3. The van der Waals surface area contributed by atoms with E-state index in [1.54, 1.807) is 18.2 Å². The van der Waals surface area contributed by atoms with Gasteiger partial charge in [-0.2, -0.15) is 0 Å². The van der Waals surface area contributed by atoms with Gasteiger partial charge in [0, 0.05) is 24.3 Å². The van der Waals surface area contributed by atoms with Crippen molar-refractivity contribution in [3.05, 3.63) is 34.6 Å². The van der Waals surface area contributed by atoms with Gasteiger partial charge in [-0.3, -0.25) is 10.1 Å². The van der Waals surface area contributed by atoms with Crippen molar-refractivity contribution in [2.24, 2.45) is 0 Å². The maximum atomic E-state index is 11.8. The van der Waals surface area contributed by atoms with Crippen LogP contribution in [0.25, 0.3) is 0 Å². The molecule has 9 nitrogen and oxygen atoms in total. The number of nitro groups is 1. The topological polar surface area (TPSA) is 103 Å². The number of nitrogens with one attached hydrogen (secondary N) is 1. The van der Waals surface area contributed by atoms with E-state index in [1.807, 2.05) is 4.90 Å². The zero-order valence-electron chi connectivity index (χ0n) is 14.3. The number of hydrogen-bond acceptors (Lipinski definition) is 8. The predicted molar refractivity (Wildman–Crippen MR) is 95.2 cm³/mol. The van der Waals surface area contributed by atoms with Gasteiger partial charge >= 0.3 is 5.69 Å². The van der Waals surface area contributed by atoms with Crippen LogP contribution in [0.4, 0.5) is 23.0 Å². The summed E-state index contributed by atoms with van der Waals surface area (Å²) in [5, 5.41) is 14.8. The van der Waals surface area contributed by atoms with Crippen molar-refractivity contribution >= 4 is 23.0 Å². The molecule has 0 aliphatic carbocycles. The van der Waals surface area contributed by atoms with Gasteiger partial charge in [-0.25, -0.2) is 9.97 Å². The lowest BCUT2D eigenvalue weighted by molar-refractivity contribution is -0.383. The van der Waals surface area contributed by atoms with Gasteiger partial charge < -0.3 is 19.7 Å². The Labute approximate surface area is 150 Å². The molecular formula is C17H19N5O4. The maximum absolute atomic E-state index is 11.8. The lowest BCUT2D eigenvalue weighted by Crippen LogP contribution is -2.38. The molecule has 1 aromatic carbocycles. The molecule has 4 rings (SSSR count). The van der Waals surface area contributed by atoms with Crippen LogP contribution in [0.5, 0.6) is 11.5 Å². The van der Waals surface area contributed by atoms with Crippen molar-refractivity contribution in [2.75, 3.05) is 23.6 Å². The molecule has 2 aromatic rings. The fourth-order valence-electron chi connectivity index (χ4n) is 3.36. The second-order valence-corrected chi connectivity index (χ2v) is 6.38. The van der Waals surface area contributed by atoms with Gasteiger partial charge in [-0.15, -0.1) is 0 Å². The van der Waals surface area contributed by atoms with Gasteiger partial charge in [0.1, 0.15) is 6.33 Å². The molecule has 2 aliphatic rings. The number of aromatic nitrogens is 2. The standard InChI is InChI=1S/C17H19N5O4/c1-11-4-2-3-7-21(11)17-15(22(23)24)16(18-9-19-17)20-12-5-6-13-14(8-12)26-10-25-13/h5-6,8-9,11H,2-4,7,10H2,1H3,(H,18,19,20). The number of anilines is 3. The third-order valence-electron chi connectivity index (χ3n) is 4.70. The molecule has 1 aromatic heterocycles. The smallest absolute Gasteiger partial charge is 0.353 e. The lowest BCUT2D eigenvalue weighted by Gasteiger charge is -2.33. The van der Waals surface area contributed by atoms with E-state index in [-0.39, 0.29) is 24.3 Å². The summed E-state index contributed by atoms with van der Waals surface area (Å²) in [5.41, 5.74) is 0.521. The largest absolute Gasteiger partial charge is 0.454 e. The van der Waals surface area contributed by atoms with Crippen LogP contribution >= 0.6 is 0 Å². The molecule has 0 saturated carbocycles. The van der Waals surface area contributed by atoms with Crippen LogP contribution in [0.3, 0.4) is 0 Å². The molecule has 3 heterocycles. The Balaban J connectivity index is 1.69. The molecule has 26 heavy (non-hydrogen) atoms. The molecule has 1 unspecified atom stereocenters. The Bertz CT molecular complexity index is 844. The Morgan fingerprint density at radius 2 is 2.12 bits per heavy atom. The second-order valence-electron chi connectivity index (χ2n) is 6.38. The molecule has 1 fully saturated rings. The third-order valence-corrected chi connectivity index (χ3v) is 4.70. The van der Waals surface area contributed by atoms with E-state index in [0.717, 1.165) is 25.8 Å². The summed E-state index contributed by atoms with van der Waals surface area (Å²) in [5.74, 6) is 1.77. The molecule has 1 atom stereocenters. The molecule has 1 N–H and O–H groups in total. The number of fused-ring (bicyclic) bond motifs is 1. The Hall–Kier alpha value is -3.10. The second kappa shape index (κ2) is 6.66. The first-order valence-electron chi connectivity index (χ1n) is 8.56. The van der Waals surface area contributed by atoms with E-state index in [0.29, 0.717) is 23.0 Å². The number of hydrogen-bond donors (Lipinski definition) is 1. The number of ether oxygens (including phenoxy) is 2. The molecule has 0 amide bonds. The van der Waals surface area contributed by atoms with Crippen LogP contribution < -0.4 is 19.7 Å². The normalized spacial score (nSPS) is 18.7. The minimum atomic E-state index is -0.425. The summed E-state index contributed by atoms with van der Waals surface area (Å²) in [4.78, 5) is 21.7. The fourth-order valence-corrected chi connectivity index (χ4v) is 3.36. The Morgan fingerprint density at radius 1 is 1.27 bits per heavy atom. The number of rotatable bonds is 4. The highest BCUT2D eigenvalue weighted by Gasteiger charge is 2.31. The summed E-state index contributed by atoms with van der Waals surface area (Å²) in [6.45, 7) is 2.99. The average Bonchev–Trinajstić information content (AvgIpc) is 3.09. The van der Waals surface area contributed by atoms with E-state index in [4.69, 9.17) is 9.47 Å². The van der Waals surface area contributed by atoms with Crippen molar-refractivity contribution in [1.82, 2.24) is 9.97 Å². The van der Waals surface area contributed by atoms with Gasteiger partial charge in [0.2, 0.25) is 18.4 Å². The monoisotopic (exact) mass is 357 g/mol. The first-order valence-corrected chi connectivity index (χ1v) is 8.56. The van der Waals surface area contributed by atoms with E-state index in [2.05, 4.69) is 22.2 Å². The van der Waals surface area contributed by atoms with E-state index < -0.39 is 4.92 Å². The maximum Gasteiger partial charge on any atom is 0.353 e. The quantitative estimate of drug-likeness (QED) is 0.657. The van der Waals surface area contributed by atoms with Crippen molar-refractivity contribution in [3.8, 4) is 11.5 Å². The Kier molecular flexibility index (Phi) is 4.19. The molecule has 0 radical (unpaired) electrons. The van der Waals surface area contributed by atoms with E-state index in [9.17, 15) is 10.1 Å². The first kappa shape index (κ1) is 16.4. The highest BCUT2D eigenvalue weighted by molar-refractivity contribution is 5.75. The first-order chi connectivity index (χ1) is 12.6. The third kappa shape index (κ3) is 2.96. The van der Waals surface area contributed by atoms with Gasteiger partial charge in [-0.05, 0) is 38.3 Å². The van der Waals surface area contributed by atoms with Crippen LogP contribution in [0, 0.1) is 10.1 Å².